The van der Waals surface area contributed by atoms with Crippen LogP contribution in [0.3, 0.4) is 0 Å². The monoisotopic (exact) mass is 309 g/mol. The van der Waals surface area contributed by atoms with Crippen molar-refractivity contribution in [1.29, 1.82) is 0 Å². The number of anilines is 1. The van der Waals surface area contributed by atoms with Gasteiger partial charge in [0.15, 0.2) is 0 Å². The molecule has 0 aliphatic rings. The van der Waals surface area contributed by atoms with E-state index in [9.17, 15) is 8.42 Å². The summed E-state index contributed by atoms with van der Waals surface area (Å²) >= 11 is 0. The van der Waals surface area contributed by atoms with Crippen LogP contribution in [0.5, 0.6) is 0 Å². The minimum atomic E-state index is -3.67. The Balaban J connectivity index is 2.36. The lowest BCUT2D eigenvalue weighted by molar-refractivity contribution is 0.391. The number of nitrogens with two attached hydrogens (primary N) is 1. The van der Waals surface area contributed by atoms with E-state index in [1.165, 1.54) is 6.07 Å². The molecule has 0 fully saturated rings. The Morgan fingerprint density at radius 3 is 2.52 bits per heavy atom. The Kier molecular flexibility index (Phi) is 4.06. The topological polar surface area (TPSA) is 98.2 Å². The summed E-state index contributed by atoms with van der Waals surface area (Å²) in [5, 5.41) is 3.84. The average Bonchev–Trinajstić information content (AvgIpc) is 2.71. The molecule has 3 N–H and O–H groups in total. The van der Waals surface area contributed by atoms with Gasteiger partial charge in [-0.05, 0) is 45.4 Å². The zero-order chi connectivity index (χ0) is 15.8. The average molecular weight is 309 g/mol. The number of rotatable bonds is 4. The van der Waals surface area contributed by atoms with Gasteiger partial charge >= 0.3 is 0 Å². The van der Waals surface area contributed by atoms with E-state index in [4.69, 9.17) is 10.3 Å². The molecule has 0 saturated carbocycles. The summed E-state index contributed by atoms with van der Waals surface area (Å²) < 4.78 is 32.7. The molecule has 6 nitrogen and oxygen atoms in total. The van der Waals surface area contributed by atoms with Gasteiger partial charge in [0.2, 0.25) is 10.0 Å². The maximum Gasteiger partial charge on any atom is 0.241 e. The van der Waals surface area contributed by atoms with Gasteiger partial charge < -0.3 is 10.3 Å². The third-order valence-electron chi connectivity index (χ3n) is 3.36. The standard InChI is InChI=1S/C14H19N3O3S/c1-8-5-6-12(15)7-13(8)21(18,19)17-10(3)14-9(2)16-20-11(14)4/h5-7,10,17H,15H2,1-4H3. The molecule has 0 radical (unpaired) electrons. The second-order valence-corrected chi connectivity index (χ2v) is 6.79. The van der Waals surface area contributed by atoms with Gasteiger partial charge in [-0.1, -0.05) is 11.2 Å². The lowest BCUT2D eigenvalue weighted by Crippen LogP contribution is -2.28. The van der Waals surface area contributed by atoms with E-state index in [-0.39, 0.29) is 4.90 Å². The highest BCUT2D eigenvalue weighted by molar-refractivity contribution is 7.89. The van der Waals surface area contributed by atoms with E-state index in [2.05, 4.69) is 9.88 Å². The summed E-state index contributed by atoms with van der Waals surface area (Å²) in [5.41, 5.74) is 8.15. The van der Waals surface area contributed by atoms with Crippen molar-refractivity contribution in [3.63, 3.8) is 0 Å². The number of hydrogen-bond donors (Lipinski definition) is 2. The molecule has 1 atom stereocenters. The van der Waals surface area contributed by atoms with Crippen LogP contribution in [-0.2, 0) is 10.0 Å². The van der Waals surface area contributed by atoms with E-state index in [0.717, 1.165) is 5.56 Å². The van der Waals surface area contributed by atoms with Gasteiger partial charge in [0.05, 0.1) is 10.6 Å². The first-order valence-corrected chi connectivity index (χ1v) is 8.02. The first kappa shape index (κ1) is 15.5. The van der Waals surface area contributed by atoms with E-state index >= 15 is 0 Å². The predicted molar refractivity (Wildman–Crippen MR) is 80.3 cm³/mol. The summed E-state index contributed by atoms with van der Waals surface area (Å²) in [6, 6.07) is 4.37. The Labute approximate surface area is 124 Å². The molecule has 1 aromatic carbocycles. The molecule has 2 rings (SSSR count). The van der Waals surface area contributed by atoms with Crippen molar-refractivity contribution in [3.05, 3.63) is 40.8 Å². The highest BCUT2D eigenvalue weighted by atomic mass is 32.2. The third kappa shape index (κ3) is 3.08. The number of nitrogens with zero attached hydrogens (tertiary/aromatic N) is 1. The molecule has 1 unspecified atom stereocenters. The van der Waals surface area contributed by atoms with Crippen molar-refractivity contribution >= 4 is 15.7 Å². The van der Waals surface area contributed by atoms with Crippen molar-refractivity contribution < 1.29 is 12.9 Å². The fraction of sp³-hybridized carbons (Fsp3) is 0.357. The van der Waals surface area contributed by atoms with Crippen LogP contribution in [0.4, 0.5) is 5.69 Å². The van der Waals surface area contributed by atoms with E-state index in [1.54, 1.807) is 39.8 Å². The second kappa shape index (κ2) is 5.50. The fourth-order valence-corrected chi connectivity index (χ4v) is 3.86. The Morgan fingerprint density at radius 2 is 1.95 bits per heavy atom. The number of nitrogens with one attached hydrogen (secondary N) is 1. The van der Waals surface area contributed by atoms with Gasteiger partial charge in [-0.2, -0.15) is 0 Å². The molecule has 0 amide bonds. The maximum atomic E-state index is 12.5. The minimum Gasteiger partial charge on any atom is -0.399 e. The van der Waals surface area contributed by atoms with Crippen molar-refractivity contribution in [2.24, 2.45) is 0 Å². The zero-order valence-electron chi connectivity index (χ0n) is 12.5. The SMILES string of the molecule is Cc1ccc(N)cc1S(=O)(=O)NC(C)c1c(C)noc1C. The summed E-state index contributed by atoms with van der Waals surface area (Å²) in [6.45, 7) is 7.02. The summed E-state index contributed by atoms with van der Waals surface area (Å²) in [6.07, 6.45) is 0. The number of aryl methyl sites for hydroxylation is 3. The second-order valence-electron chi connectivity index (χ2n) is 5.11. The molecule has 0 bridgehead atoms. The van der Waals surface area contributed by atoms with Crippen LogP contribution in [0.1, 0.15) is 35.5 Å². The quantitative estimate of drug-likeness (QED) is 0.844. The molecule has 7 heteroatoms. The number of sulfonamides is 1. The van der Waals surface area contributed by atoms with Gasteiger partial charge in [-0.3, -0.25) is 0 Å². The molecule has 2 aromatic rings. The van der Waals surface area contributed by atoms with Crippen molar-refractivity contribution in [2.45, 2.75) is 38.6 Å². The third-order valence-corrected chi connectivity index (χ3v) is 5.04. The van der Waals surface area contributed by atoms with Crippen LogP contribution in [0.15, 0.2) is 27.6 Å². The molecule has 0 aliphatic carbocycles. The van der Waals surface area contributed by atoms with Crippen LogP contribution in [0.2, 0.25) is 0 Å². The molecule has 21 heavy (non-hydrogen) atoms. The van der Waals surface area contributed by atoms with Crippen LogP contribution >= 0.6 is 0 Å². The first-order chi connectivity index (χ1) is 9.72. The number of hydrogen-bond acceptors (Lipinski definition) is 5. The van der Waals surface area contributed by atoms with E-state index < -0.39 is 16.1 Å². The molecule has 114 valence electrons. The zero-order valence-corrected chi connectivity index (χ0v) is 13.3. The number of aromatic nitrogens is 1. The molecular formula is C14H19N3O3S. The highest BCUT2D eigenvalue weighted by Crippen LogP contribution is 2.25. The lowest BCUT2D eigenvalue weighted by atomic mass is 10.1. The fourth-order valence-electron chi connectivity index (χ4n) is 2.37. The van der Waals surface area contributed by atoms with Gasteiger partial charge in [0, 0.05) is 17.3 Å². The maximum absolute atomic E-state index is 12.5. The van der Waals surface area contributed by atoms with Crippen LogP contribution in [0, 0.1) is 20.8 Å². The predicted octanol–water partition coefficient (Wildman–Crippen LogP) is 2.22. The summed E-state index contributed by atoms with van der Waals surface area (Å²) in [7, 11) is -3.67. The van der Waals surface area contributed by atoms with Gasteiger partial charge in [-0.25, -0.2) is 13.1 Å². The largest absolute Gasteiger partial charge is 0.399 e. The van der Waals surface area contributed by atoms with Crippen LogP contribution in [0.25, 0.3) is 0 Å². The smallest absolute Gasteiger partial charge is 0.241 e. The first-order valence-electron chi connectivity index (χ1n) is 6.53. The van der Waals surface area contributed by atoms with Crippen molar-refractivity contribution in [2.75, 3.05) is 5.73 Å². The van der Waals surface area contributed by atoms with Gasteiger partial charge in [-0.15, -0.1) is 0 Å². The number of nitrogen functional groups attached to an aromatic ring is 1. The van der Waals surface area contributed by atoms with Crippen LogP contribution in [-0.4, -0.2) is 13.6 Å². The van der Waals surface area contributed by atoms with Gasteiger partial charge in [0.25, 0.3) is 0 Å². The number of benzene rings is 1. The molecule has 0 spiro atoms. The van der Waals surface area contributed by atoms with Crippen LogP contribution < -0.4 is 10.5 Å². The minimum absolute atomic E-state index is 0.182. The Morgan fingerprint density at radius 1 is 1.29 bits per heavy atom. The van der Waals surface area contributed by atoms with Crippen molar-refractivity contribution in [1.82, 2.24) is 9.88 Å². The van der Waals surface area contributed by atoms with Gasteiger partial charge in [0.1, 0.15) is 5.76 Å². The molecule has 1 heterocycles. The van der Waals surface area contributed by atoms with E-state index in [0.29, 0.717) is 22.7 Å². The molecule has 0 saturated heterocycles. The van der Waals surface area contributed by atoms with E-state index in [1.807, 2.05) is 0 Å². The summed E-state index contributed by atoms with van der Waals surface area (Å²) in [5.74, 6) is 0.604. The molecule has 0 aliphatic heterocycles. The molecular weight excluding hydrogens is 290 g/mol. The Bertz CT molecular complexity index is 746. The lowest BCUT2D eigenvalue weighted by Gasteiger charge is -2.15. The molecule has 1 aromatic heterocycles. The normalized spacial score (nSPS) is 13.3. The van der Waals surface area contributed by atoms with Crippen molar-refractivity contribution in [3.8, 4) is 0 Å². The highest BCUT2D eigenvalue weighted by Gasteiger charge is 2.24. The Hall–Kier alpha value is -1.86. The summed E-state index contributed by atoms with van der Waals surface area (Å²) in [4.78, 5) is 0.182.